The summed E-state index contributed by atoms with van der Waals surface area (Å²) in [5, 5.41) is 6.28. The smallest absolute Gasteiger partial charge is 0.169 e. The van der Waals surface area contributed by atoms with Crippen LogP contribution in [0.5, 0.6) is 0 Å². The van der Waals surface area contributed by atoms with E-state index in [0.717, 1.165) is 23.5 Å². The van der Waals surface area contributed by atoms with Crippen LogP contribution in [0.3, 0.4) is 0 Å². The first-order valence-electron chi connectivity index (χ1n) is 6.22. The monoisotopic (exact) mass is 272 g/mol. The fourth-order valence-electron chi connectivity index (χ4n) is 1.68. The molecular formula is C15H18N3S+. The summed E-state index contributed by atoms with van der Waals surface area (Å²) in [6.07, 6.45) is 5.94. The Balaban J connectivity index is 2.02. The van der Waals surface area contributed by atoms with Crippen molar-refractivity contribution in [2.24, 2.45) is 5.10 Å². The molecule has 2 aromatic rings. The van der Waals surface area contributed by atoms with E-state index in [1.165, 1.54) is 0 Å². The van der Waals surface area contributed by atoms with Gasteiger partial charge in [0.05, 0.1) is 11.9 Å². The Morgan fingerprint density at radius 2 is 1.84 bits per heavy atom. The number of hydrogen-bond donors (Lipinski definition) is 1. The normalized spacial score (nSPS) is 10.8. The van der Waals surface area contributed by atoms with Crippen LogP contribution in [0, 0.1) is 0 Å². The van der Waals surface area contributed by atoms with Gasteiger partial charge in [0.2, 0.25) is 0 Å². The summed E-state index contributed by atoms with van der Waals surface area (Å²) < 4.78 is 2.10. The summed E-state index contributed by atoms with van der Waals surface area (Å²) in [6, 6.07) is 14.2. The first kappa shape index (κ1) is 13.6. The van der Waals surface area contributed by atoms with Crippen LogP contribution in [0.15, 0.2) is 60.0 Å². The lowest BCUT2D eigenvalue weighted by atomic mass is 10.3. The molecule has 3 nitrogen and oxygen atoms in total. The molecule has 98 valence electrons. The van der Waals surface area contributed by atoms with Crippen molar-refractivity contribution in [2.75, 3.05) is 17.8 Å². The predicted octanol–water partition coefficient (Wildman–Crippen LogP) is 2.37. The number of aryl methyl sites for hydroxylation is 1. The van der Waals surface area contributed by atoms with Gasteiger partial charge in [0.25, 0.3) is 0 Å². The molecule has 19 heavy (non-hydrogen) atoms. The maximum Gasteiger partial charge on any atom is 0.169 e. The zero-order chi connectivity index (χ0) is 13.5. The van der Waals surface area contributed by atoms with Crippen molar-refractivity contribution >= 4 is 24.5 Å². The third kappa shape index (κ3) is 4.10. The molecule has 0 atom stereocenters. The van der Waals surface area contributed by atoms with Crippen LogP contribution < -0.4 is 9.58 Å². The highest BCUT2D eigenvalue weighted by atomic mass is 32.1. The van der Waals surface area contributed by atoms with Gasteiger partial charge >= 0.3 is 0 Å². The summed E-state index contributed by atoms with van der Waals surface area (Å²) in [5.74, 6) is 0.842. The number of nitrogens with zero attached hydrogens (tertiary/aromatic N) is 3. The minimum absolute atomic E-state index is 0.842. The van der Waals surface area contributed by atoms with Gasteiger partial charge in [-0.05, 0) is 12.1 Å². The Labute approximate surface area is 119 Å². The molecular weight excluding hydrogens is 254 g/mol. The van der Waals surface area contributed by atoms with E-state index in [2.05, 4.69) is 22.3 Å². The highest BCUT2D eigenvalue weighted by Gasteiger charge is 1.99. The Morgan fingerprint density at radius 1 is 1.16 bits per heavy atom. The van der Waals surface area contributed by atoms with Gasteiger partial charge in [0, 0.05) is 30.5 Å². The topological polar surface area (TPSA) is 19.5 Å². The molecule has 2 rings (SSSR count). The van der Waals surface area contributed by atoms with Crippen LogP contribution in [0.25, 0.3) is 0 Å². The quantitative estimate of drug-likeness (QED) is 0.383. The van der Waals surface area contributed by atoms with E-state index >= 15 is 0 Å². The first-order valence-corrected chi connectivity index (χ1v) is 6.85. The molecule has 1 aromatic carbocycles. The van der Waals surface area contributed by atoms with Gasteiger partial charge in [0.1, 0.15) is 0 Å². The van der Waals surface area contributed by atoms with Crippen LogP contribution in [0.4, 0.5) is 5.69 Å². The summed E-state index contributed by atoms with van der Waals surface area (Å²) >= 11 is 4.21. The number of rotatable bonds is 5. The molecule has 0 aliphatic rings. The highest BCUT2D eigenvalue weighted by molar-refractivity contribution is 7.80. The second kappa shape index (κ2) is 6.95. The van der Waals surface area contributed by atoms with Crippen LogP contribution in [-0.4, -0.2) is 19.0 Å². The van der Waals surface area contributed by atoms with Gasteiger partial charge in [-0.15, -0.1) is 0 Å². The maximum atomic E-state index is 4.42. The number of hydrogen-bond acceptors (Lipinski definition) is 3. The Morgan fingerprint density at radius 3 is 2.47 bits per heavy atom. The number of hydrazone groups is 1. The summed E-state index contributed by atoms with van der Waals surface area (Å²) in [4.78, 5) is 0. The van der Waals surface area contributed by atoms with E-state index in [1.807, 2.05) is 73.1 Å². The van der Waals surface area contributed by atoms with Gasteiger partial charge in [-0.3, -0.25) is 5.01 Å². The molecule has 0 amide bonds. The lowest BCUT2D eigenvalue weighted by Crippen LogP contribution is -2.33. The summed E-state index contributed by atoms with van der Waals surface area (Å²) in [6.45, 7) is 0.921. The first-order chi connectivity index (χ1) is 9.29. The zero-order valence-corrected chi connectivity index (χ0v) is 11.9. The van der Waals surface area contributed by atoms with Crippen molar-refractivity contribution in [3.63, 3.8) is 0 Å². The van der Waals surface area contributed by atoms with E-state index in [-0.39, 0.29) is 0 Å². The second-order valence-electron chi connectivity index (χ2n) is 4.20. The SMILES string of the molecule is CN(/N=C/c1cc[n+](CCS)cc1)c1ccccc1. The maximum absolute atomic E-state index is 4.42. The van der Waals surface area contributed by atoms with E-state index < -0.39 is 0 Å². The molecule has 0 saturated carbocycles. The molecule has 1 heterocycles. The molecule has 0 fully saturated rings. The highest BCUT2D eigenvalue weighted by Crippen LogP contribution is 2.10. The average molecular weight is 272 g/mol. The average Bonchev–Trinajstić information content (AvgIpc) is 2.47. The van der Waals surface area contributed by atoms with Crippen molar-refractivity contribution in [1.29, 1.82) is 0 Å². The molecule has 0 spiro atoms. The Kier molecular flexibility index (Phi) is 4.98. The van der Waals surface area contributed by atoms with Crippen molar-refractivity contribution < 1.29 is 4.57 Å². The van der Waals surface area contributed by atoms with E-state index in [9.17, 15) is 0 Å². The number of aromatic nitrogens is 1. The Bertz CT molecular complexity index is 523. The second-order valence-corrected chi connectivity index (χ2v) is 4.64. The molecule has 0 saturated heterocycles. The van der Waals surface area contributed by atoms with E-state index in [4.69, 9.17) is 0 Å². The fourth-order valence-corrected chi connectivity index (χ4v) is 1.91. The molecule has 0 radical (unpaired) electrons. The molecule has 4 heteroatoms. The third-order valence-electron chi connectivity index (χ3n) is 2.78. The number of anilines is 1. The predicted molar refractivity (Wildman–Crippen MR) is 82.9 cm³/mol. The van der Waals surface area contributed by atoms with E-state index in [1.54, 1.807) is 0 Å². The minimum Gasteiger partial charge on any atom is -0.269 e. The number of benzene rings is 1. The van der Waals surface area contributed by atoms with Gasteiger partial charge in [-0.1, -0.05) is 18.2 Å². The fraction of sp³-hybridized carbons (Fsp3) is 0.200. The lowest BCUT2D eigenvalue weighted by Gasteiger charge is -2.11. The number of para-hydroxylation sites is 1. The zero-order valence-electron chi connectivity index (χ0n) is 11.0. The van der Waals surface area contributed by atoms with Gasteiger partial charge in [-0.25, -0.2) is 4.57 Å². The molecule has 0 aliphatic heterocycles. The lowest BCUT2D eigenvalue weighted by molar-refractivity contribution is -0.692. The molecule has 0 aliphatic carbocycles. The molecule has 1 aromatic heterocycles. The van der Waals surface area contributed by atoms with Crippen LogP contribution >= 0.6 is 12.6 Å². The Hall–Kier alpha value is -1.81. The van der Waals surface area contributed by atoms with Gasteiger partial charge in [0.15, 0.2) is 18.9 Å². The van der Waals surface area contributed by atoms with Crippen LogP contribution in [-0.2, 0) is 6.54 Å². The standard InChI is InChI=1S/C15H17N3S/c1-17(15-5-3-2-4-6-15)16-13-14-7-9-18(10-8-14)11-12-19/h2-10,13H,11-12H2,1H3/p+1. The third-order valence-corrected chi connectivity index (χ3v) is 2.98. The number of thiol groups is 1. The number of pyridine rings is 1. The van der Waals surface area contributed by atoms with Crippen LogP contribution in [0.1, 0.15) is 5.56 Å². The summed E-state index contributed by atoms with van der Waals surface area (Å²) in [5.41, 5.74) is 2.15. The minimum atomic E-state index is 0.842. The van der Waals surface area contributed by atoms with Crippen molar-refractivity contribution in [2.45, 2.75) is 6.54 Å². The molecule has 0 bridgehead atoms. The van der Waals surface area contributed by atoms with Gasteiger partial charge in [-0.2, -0.15) is 17.7 Å². The van der Waals surface area contributed by atoms with Crippen molar-refractivity contribution in [1.82, 2.24) is 0 Å². The van der Waals surface area contributed by atoms with E-state index in [0.29, 0.717) is 0 Å². The molecule has 0 N–H and O–H groups in total. The molecule has 0 unspecified atom stereocenters. The van der Waals surface area contributed by atoms with Crippen LogP contribution in [0.2, 0.25) is 0 Å². The van der Waals surface area contributed by atoms with Crippen molar-refractivity contribution in [3.8, 4) is 0 Å². The van der Waals surface area contributed by atoms with Crippen molar-refractivity contribution in [3.05, 3.63) is 60.4 Å². The largest absolute Gasteiger partial charge is 0.269 e. The van der Waals surface area contributed by atoms with Gasteiger partial charge < -0.3 is 0 Å². The summed E-state index contributed by atoms with van der Waals surface area (Å²) in [7, 11) is 1.94.